The third-order valence-electron chi connectivity index (χ3n) is 2.48. The molecular weight excluding hydrogens is 196 g/mol. The van der Waals surface area contributed by atoms with Crippen LogP contribution in [0.3, 0.4) is 0 Å². The molecule has 1 heterocycles. The molecule has 2 rings (SSSR count). The van der Waals surface area contributed by atoms with Gasteiger partial charge >= 0.3 is 0 Å². The minimum Gasteiger partial charge on any atom is -0.370 e. The van der Waals surface area contributed by atoms with Gasteiger partial charge in [0, 0.05) is 13.1 Å². The van der Waals surface area contributed by atoms with Gasteiger partial charge in [0.25, 0.3) is 0 Å². The molecule has 1 aromatic rings. The molecule has 1 aliphatic heterocycles. The Labute approximate surface area is 88.7 Å². The van der Waals surface area contributed by atoms with Crippen LogP contribution in [0.15, 0.2) is 18.2 Å². The summed E-state index contributed by atoms with van der Waals surface area (Å²) >= 11 is 6.07. The van der Waals surface area contributed by atoms with E-state index in [1.165, 1.54) is 0 Å². The van der Waals surface area contributed by atoms with Crippen LogP contribution in [0.5, 0.6) is 0 Å². The largest absolute Gasteiger partial charge is 0.370 e. The summed E-state index contributed by atoms with van der Waals surface area (Å²) < 4.78 is 0. The first-order valence-corrected chi connectivity index (χ1v) is 5.03. The van der Waals surface area contributed by atoms with Crippen molar-refractivity contribution in [3.63, 3.8) is 0 Å². The number of nitrogens with zero attached hydrogens (tertiary/aromatic N) is 2. The summed E-state index contributed by atoms with van der Waals surface area (Å²) in [6.07, 6.45) is 0. The van der Waals surface area contributed by atoms with E-state index in [1.807, 2.05) is 12.1 Å². The summed E-state index contributed by atoms with van der Waals surface area (Å²) in [4.78, 5) is 2.23. The van der Waals surface area contributed by atoms with E-state index in [4.69, 9.17) is 16.9 Å². The highest BCUT2D eigenvalue weighted by Crippen LogP contribution is 2.31. The molecule has 2 nitrogen and oxygen atoms in total. The maximum Gasteiger partial charge on any atom is 0.0992 e. The van der Waals surface area contributed by atoms with Gasteiger partial charge < -0.3 is 4.90 Å². The maximum atomic E-state index is 8.68. The molecule has 0 spiro atoms. The van der Waals surface area contributed by atoms with Gasteiger partial charge in [0.1, 0.15) is 0 Å². The Morgan fingerprint density at radius 1 is 1.50 bits per heavy atom. The summed E-state index contributed by atoms with van der Waals surface area (Å²) in [5.74, 6) is 0.752. The molecular formula is C11H11ClN2. The number of hydrogen-bond acceptors (Lipinski definition) is 2. The topological polar surface area (TPSA) is 27.0 Å². The Morgan fingerprint density at radius 2 is 2.21 bits per heavy atom. The van der Waals surface area contributed by atoms with Crippen molar-refractivity contribution in [1.82, 2.24) is 0 Å². The molecule has 1 saturated heterocycles. The maximum absolute atomic E-state index is 8.68. The zero-order valence-electron chi connectivity index (χ0n) is 8.00. The molecule has 0 bridgehead atoms. The van der Waals surface area contributed by atoms with Gasteiger partial charge in [0.2, 0.25) is 0 Å². The van der Waals surface area contributed by atoms with Crippen molar-refractivity contribution in [3.05, 3.63) is 28.8 Å². The lowest BCUT2D eigenvalue weighted by atomic mass is 10.0. The van der Waals surface area contributed by atoms with Gasteiger partial charge in [-0.05, 0) is 24.1 Å². The Bertz CT molecular complexity index is 389. The fraction of sp³-hybridized carbons (Fsp3) is 0.364. The Balaban J connectivity index is 2.24. The van der Waals surface area contributed by atoms with E-state index in [0.29, 0.717) is 10.6 Å². The molecule has 3 heteroatoms. The van der Waals surface area contributed by atoms with Crippen molar-refractivity contribution in [2.24, 2.45) is 5.92 Å². The summed E-state index contributed by atoms with van der Waals surface area (Å²) in [7, 11) is 0. The smallest absolute Gasteiger partial charge is 0.0992 e. The van der Waals surface area contributed by atoms with Crippen molar-refractivity contribution >= 4 is 17.3 Å². The second-order valence-electron chi connectivity index (χ2n) is 3.79. The van der Waals surface area contributed by atoms with Crippen LogP contribution in [0.25, 0.3) is 0 Å². The van der Waals surface area contributed by atoms with Gasteiger partial charge in [-0.25, -0.2) is 0 Å². The van der Waals surface area contributed by atoms with Crippen LogP contribution in [0.4, 0.5) is 5.69 Å². The average Bonchev–Trinajstić information content (AvgIpc) is 2.13. The van der Waals surface area contributed by atoms with Crippen LogP contribution in [0.2, 0.25) is 5.02 Å². The molecule has 1 aliphatic rings. The number of anilines is 1. The predicted molar refractivity (Wildman–Crippen MR) is 57.5 cm³/mol. The Morgan fingerprint density at radius 3 is 2.71 bits per heavy atom. The third kappa shape index (κ3) is 1.56. The van der Waals surface area contributed by atoms with E-state index >= 15 is 0 Å². The Kier molecular flexibility index (Phi) is 2.35. The second kappa shape index (κ2) is 3.51. The average molecular weight is 207 g/mol. The lowest BCUT2D eigenvalue weighted by molar-refractivity contribution is 0.447. The van der Waals surface area contributed by atoms with Crippen LogP contribution in [0, 0.1) is 17.2 Å². The van der Waals surface area contributed by atoms with Crippen LogP contribution < -0.4 is 4.90 Å². The number of hydrogen-bond donors (Lipinski definition) is 0. The van der Waals surface area contributed by atoms with Crippen molar-refractivity contribution in [3.8, 4) is 6.07 Å². The lowest BCUT2D eigenvalue weighted by Crippen LogP contribution is -2.45. The molecule has 0 atom stereocenters. The van der Waals surface area contributed by atoms with Gasteiger partial charge in [0.05, 0.1) is 22.3 Å². The molecule has 72 valence electrons. The molecule has 14 heavy (non-hydrogen) atoms. The molecule has 0 aromatic heterocycles. The lowest BCUT2D eigenvalue weighted by Gasteiger charge is -2.39. The number of halogens is 1. The quantitative estimate of drug-likeness (QED) is 0.707. The molecule has 0 radical (unpaired) electrons. The van der Waals surface area contributed by atoms with E-state index in [0.717, 1.165) is 24.7 Å². The molecule has 0 unspecified atom stereocenters. The molecule has 0 N–H and O–H groups in total. The van der Waals surface area contributed by atoms with Gasteiger partial charge in [-0.3, -0.25) is 0 Å². The summed E-state index contributed by atoms with van der Waals surface area (Å²) in [6.45, 7) is 4.34. The van der Waals surface area contributed by atoms with Crippen LogP contribution >= 0.6 is 11.6 Å². The Hall–Kier alpha value is -1.20. The normalized spacial score (nSPS) is 16.2. The van der Waals surface area contributed by atoms with Crippen LogP contribution in [0.1, 0.15) is 12.5 Å². The number of rotatable bonds is 1. The number of benzene rings is 1. The van der Waals surface area contributed by atoms with Crippen LogP contribution in [-0.4, -0.2) is 13.1 Å². The second-order valence-corrected chi connectivity index (χ2v) is 4.20. The van der Waals surface area contributed by atoms with Gasteiger partial charge in [-0.2, -0.15) is 5.26 Å². The van der Waals surface area contributed by atoms with E-state index in [9.17, 15) is 0 Å². The van der Waals surface area contributed by atoms with Gasteiger partial charge in [0.15, 0.2) is 0 Å². The highest BCUT2D eigenvalue weighted by molar-refractivity contribution is 6.33. The highest BCUT2D eigenvalue weighted by Gasteiger charge is 2.24. The van der Waals surface area contributed by atoms with E-state index in [2.05, 4.69) is 17.9 Å². The van der Waals surface area contributed by atoms with Gasteiger partial charge in [-0.1, -0.05) is 18.5 Å². The standard InChI is InChI=1S/C11H11ClN2/c1-8-6-14(7-8)11-3-2-9(5-13)4-10(11)12/h2-4,8H,6-7H2,1H3. The first-order valence-electron chi connectivity index (χ1n) is 4.65. The highest BCUT2D eigenvalue weighted by atomic mass is 35.5. The fourth-order valence-electron chi connectivity index (χ4n) is 1.73. The summed E-state index contributed by atoms with van der Waals surface area (Å²) in [6, 6.07) is 7.53. The van der Waals surface area contributed by atoms with E-state index in [-0.39, 0.29) is 0 Å². The van der Waals surface area contributed by atoms with Crippen LogP contribution in [-0.2, 0) is 0 Å². The molecule has 1 fully saturated rings. The molecule has 1 aromatic carbocycles. The fourth-order valence-corrected chi connectivity index (χ4v) is 2.03. The molecule has 0 amide bonds. The molecule has 0 aliphatic carbocycles. The van der Waals surface area contributed by atoms with E-state index < -0.39 is 0 Å². The summed E-state index contributed by atoms with van der Waals surface area (Å²) in [5.41, 5.74) is 1.66. The third-order valence-corrected chi connectivity index (χ3v) is 2.78. The predicted octanol–water partition coefficient (Wildman–Crippen LogP) is 2.67. The summed E-state index contributed by atoms with van der Waals surface area (Å²) in [5, 5.41) is 9.36. The van der Waals surface area contributed by atoms with Gasteiger partial charge in [-0.15, -0.1) is 0 Å². The minimum absolute atomic E-state index is 0.618. The monoisotopic (exact) mass is 206 g/mol. The van der Waals surface area contributed by atoms with E-state index in [1.54, 1.807) is 6.07 Å². The minimum atomic E-state index is 0.618. The first-order chi connectivity index (χ1) is 6.70. The number of nitriles is 1. The van der Waals surface area contributed by atoms with Crippen molar-refractivity contribution in [1.29, 1.82) is 5.26 Å². The first kappa shape index (κ1) is 9.36. The molecule has 0 saturated carbocycles. The van der Waals surface area contributed by atoms with Crippen molar-refractivity contribution < 1.29 is 0 Å². The zero-order valence-corrected chi connectivity index (χ0v) is 8.75. The SMILES string of the molecule is CC1CN(c2ccc(C#N)cc2Cl)C1. The zero-order chi connectivity index (χ0) is 10.1. The van der Waals surface area contributed by atoms with Crippen molar-refractivity contribution in [2.75, 3.05) is 18.0 Å². The van der Waals surface area contributed by atoms with Crippen molar-refractivity contribution in [2.45, 2.75) is 6.92 Å².